The highest BCUT2D eigenvalue weighted by atomic mass is 35.5. The number of nitrogens with one attached hydrogen (secondary N) is 1. The Kier molecular flexibility index (Phi) is 6.85. The number of rotatable bonds is 5. The van der Waals surface area contributed by atoms with Crippen molar-refractivity contribution >= 4 is 81.4 Å². The first-order valence-electron chi connectivity index (χ1n) is 7.49. The van der Waals surface area contributed by atoms with E-state index in [9.17, 15) is 4.79 Å². The van der Waals surface area contributed by atoms with E-state index in [0.29, 0.717) is 37.3 Å². The summed E-state index contributed by atoms with van der Waals surface area (Å²) in [6.07, 6.45) is 0. The molecule has 0 spiro atoms. The molecule has 1 amide bonds. The van der Waals surface area contributed by atoms with Crippen LogP contribution in [-0.4, -0.2) is 26.5 Å². The Morgan fingerprint density at radius 3 is 2.43 bits per heavy atom. The summed E-state index contributed by atoms with van der Waals surface area (Å²) < 4.78 is 1.25. The number of nitrogen functional groups attached to an aromatic ring is 1. The van der Waals surface area contributed by atoms with Crippen molar-refractivity contribution < 1.29 is 4.79 Å². The largest absolute Gasteiger partial charge is 0.335 e. The minimum Gasteiger partial charge on any atom is -0.335 e. The number of carbonyl (C=O) groups is 1. The lowest BCUT2D eigenvalue weighted by molar-refractivity contribution is -0.113. The molecule has 6 nitrogen and oxygen atoms in total. The number of thioether (sulfide) groups is 1. The van der Waals surface area contributed by atoms with Gasteiger partial charge in [0.15, 0.2) is 5.82 Å². The van der Waals surface area contributed by atoms with E-state index in [2.05, 4.69) is 15.5 Å². The number of halogens is 5. The minimum atomic E-state index is -0.334. The lowest BCUT2D eigenvalue weighted by atomic mass is 10.2. The van der Waals surface area contributed by atoms with Crippen molar-refractivity contribution in [3.63, 3.8) is 0 Å². The van der Waals surface area contributed by atoms with Crippen LogP contribution in [0.5, 0.6) is 0 Å². The standard InChI is InChI=1S/C16H10Cl5N5OS/c17-7-1-2-8(9(18)3-7)15-24-25-16(26(15)22)28-6-14(27)23-13-5-11(20)10(19)4-12(13)21/h1-5H,6,22H2,(H,23,27). The Morgan fingerprint density at radius 1 is 1.00 bits per heavy atom. The smallest absolute Gasteiger partial charge is 0.234 e. The number of nitrogens with zero attached hydrogens (tertiary/aromatic N) is 3. The minimum absolute atomic E-state index is 0.0141. The third kappa shape index (κ3) is 4.79. The van der Waals surface area contributed by atoms with E-state index < -0.39 is 0 Å². The summed E-state index contributed by atoms with van der Waals surface area (Å²) in [5.41, 5.74) is 0.921. The van der Waals surface area contributed by atoms with Crippen molar-refractivity contribution in [2.45, 2.75) is 5.16 Å². The van der Waals surface area contributed by atoms with E-state index in [0.717, 1.165) is 11.8 Å². The second-order valence-corrected chi connectivity index (χ2v) is 8.39. The molecule has 0 radical (unpaired) electrons. The normalized spacial score (nSPS) is 10.9. The maximum atomic E-state index is 12.2. The molecule has 3 rings (SSSR count). The molecule has 0 aliphatic heterocycles. The van der Waals surface area contributed by atoms with E-state index in [1.54, 1.807) is 18.2 Å². The average Bonchev–Trinajstić information content (AvgIpc) is 2.98. The van der Waals surface area contributed by atoms with Gasteiger partial charge in [-0.05, 0) is 30.3 Å². The molecule has 0 atom stereocenters. The number of amides is 1. The number of carbonyl (C=O) groups excluding carboxylic acids is 1. The Morgan fingerprint density at radius 2 is 1.71 bits per heavy atom. The molecule has 0 unspecified atom stereocenters. The second-order valence-electron chi connectivity index (χ2n) is 5.38. The SMILES string of the molecule is Nn1c(SCC(=O)Nc2cc(Cl)c(Cl)cc2Cl)nnc1-c1ccc(Cl)cc1Cl. The third-order valence-corrected chi connectivity index (χ3v) is 5.98. The van der Waals surface area contributed by atoms with Crippen LogP contribution < -0.4 is 11.2 Å². The Balaban J connectivity index is 1.69. The molecule has 0 aliphatic carbocycles. The van der Waals surface area contributed by atoms with Gasteiger partial charge in [0.25, 0.3) is 0 Å². The topological polar surface area (TPSA) is 85.8 Å². The molecule has 0 saturated carbocycles. The maximum absolute atomic E-state index is 12.2. The highest BCUT2D eigenvalue weighted by molar-refractivity contribution is 7.99. The molecule has 12 heteroatoms. The third-order valence-electron chi connectivity index (χ3n) is 3.45. The van der Waals surface area contributed by atoms with E-state index in [1.807, 2.05) is 0 Å². The quantitative estimate of drug-likeness (QED) is 0.270. The van der Waals surface area contributed by atoms with Crippen LogP contribution in [0.1, 0.15) is 0 Å². The number of hydrogen-bond acceptors (Lipinski definition) is 5. The van der Waals surface area contributed by atoms with Crippen LogP contribution in [0.2, 0.25) is 25.1 Å². The highest BCUT2D eigenvalue weighted by Gasteiger charge is 2.17. The van der Waals surface area contributed by atoms with E-state index in [-0.39, 0.29) is 21.7 Å². The first-order valence-corrected chi connectivity index (χ1v) is 10.4. The van der Waals surface area contributed by atoms with Crippen molar-refractivity contribution in [3.05, 3.63) is 55.4 Å². The van der Waals surface area contributed by atoms with Crippen molar-refractivity contribution in [1.82, 2.24) is 14.9 Å². The van der Waals surface area contributed by atoms with Gasteiger partial charge in [0, 0.05) is 10.6 Å². The van der Waals surface area contributed by atoms with Crippen LogP contribution >= 0.6 is 69.8 Å². The van der Waals surface area contributed by atoms with Gasteiger partial charge in [0.2, 0.25) is 11.1 Å². The summed E-state index contributed by atoms with van der Waals surface area (Å²) in [5, 5.41) is 12.7. The van der Waals surface area contributed by atoms with Crippen LogP contribution in [0.4, 0.5) is 5.69 Å². The van der Waals surface area contributed by atoms with Gasteiger partial charge in [-0.1, -0.05) is 69.8 Å². The molecule has 3 N–H and O–H groups in total. The molecule has 1 aromatic heterocycles. The molecule has 1 heterocycles. The van der Waals surface area contributed by atoms with Gasteiger partial charge < -0.3 is 11.2 Å². The zero-order valence-electron chi connectivity index (χ0n) is 13.7. The number of benzene rings is 2. The number of nitrogens with two attached hydrogens (primary N) is 1. The molecule has 0 saturated heterocycles. The Hall–Kier alpha value is -1.35. The van der Waals surface area contributed by atoms with Crippen molar-refractivity contribution in [2.24, 2.45) is 0 Å². The van der Waals surface area contributed by atoms with Crippen LogP contribution in [0.15, 0.2) is 35.5 Å². The summed E-state index contributed by atoms with van der Waals surface area (Å²) in [6, 6.07) is 7.85. The fourth-order valence-electron chi connectivity index (χ4n) is 2.16. The first kappa shape index (κ1) is 21.4. The van der Waals surface area contributed by atoms with Gasteiger partial charge in [-0.25, -0.2) is 4.68 Å². The molecule has 3 aromatic rings. The molecule has 0 aliphatic rings. The zero-order valence-corrected chi connectivity index (χ0v) is 18.3. The van der Waals surface area contributed by atoms with Crippen molar-refractivity contribution in [2.75, 3.05) is 16.9 Å². The monoisotopic (exact) mass is 495 g/mol. The lowest BCUT2D eigenvalue weighted by Gasteiger charge is -2.09. The predicted octanol–water partition coefficient (Wildman–Crippen LogP) is 5.66. The summed E-state index contributed by atoms with van der Waals surface area (Å²) in [5.74, 6) is 6.06. The second kappa shape index (κ2) is 8.98. The molecule has 0 bridgehead atoms. The molecular weight excluding hydrogens is 488 g/mol. The van der Waals surface area contributed by atoms with Gasteiger partial charge in [-0.15, -0.1) is 10.2 Å². The lowest BCUT2D eigenvalue weighted by Crippen LogP contribution is -2.16. The van der Waals surface area contributed by atoms with Crippen LogP contribution in [0.3, 0.4) is 0 Å². The van der Waals surface area contributed by atoms with E-state index in [1.165, 1.54) is 16.8 Å². The van der Waals surface area contributed by atoms with Gasteiger partial charge >= 0.3 is 0 Å². The number of hydrogen-bond donors (Lipinski definition) is 2. The first-order chi connectivity index (χ1) is 13.3. The number of aromatic nitrogens is 3. The fraction of sp³-hybridized carbons (Fsp3) is 0.0625. The predicted molar refractivity (Wildman–Crippen MR) is 116 cm³/mol. The van der Waals surface area contributed by atoms with Crippen molar-refractivity contribution in [1.29, 1.82) is 0 Å². The van der Waals surface area contributed by atoms with E-state index in [4.69, 9.17) is 63.8 Å². The Bertz CT molecular complexity index is 1060. The summed E-state index contributed by atoms with van der Waals surface area (Å²) in [6.45, 7) is 0. The summed E-state index contributed by atoms with van der Waals surface area (Å²) in [7, 11) is 0. The Labute approximate surface area is 189 Å². The van der Waals surface area contributed by atoms with Crippen LogP contribution in [0.25, 0.3) is 11.4 Å². The molecule has 28 heavy (non-hydrogen) atoms. The molecule has 146 valence electrons. The van der Waals surface area contributed by atoms with Crippen molar-refractivity contribution in [3.8, 4) is 11.4 Å². The fourth-order valence-corrected chi connectivity index (χ4v) is 3.91. The molecule has 2 aromatic carbocycles. The van der Waals surface area contributed by atoms with Gasteiger partial charge in [-0.3, -0.25) is 4.79 Å². The van der Waals surface area contributed by atoms with Crippen LogP contribution in [0, 0.1) is 0 Å². The zero-order chi connectivity index (χ0) is 20.4. The number of anilines is 1. The van der Waals surface area contributed by atoms with Gasteiger partial charge in [0.05, 0.1) is 31.5 Å². The summed E-state index contributed by atoms with van der Waals surface area (Å²) >= 11 is 31.0. The average molecular weight is 498 g/mol. The highest BCUT2D eigenvalue weighted by Crippen LogP contribution is 2.33. The molecule has 0 fully saturated rings. The van der Waals surface area contributed by atoms with Crippen LogP contribution in [-0.2, 0) is 4.79 Å². The van der Waals surface area contributed by atoms with E-state index >= 15 is 0 Å². The maximum Gasteiger partial charge on any atom is 0.234 e. The summed E-state index contributed by atoms with van der Waals surface area (Å²) in [4.78, 5) is 12.2. The van der Waals surface area contributed by atoms with Gasteiger partial charge in [-0.2, -0.15) is 0 Å². The molecular formula is C16H10Cl5N5OS. The van der Waals surface area contributed by atoms with Gasteiger partial charge in [0.1, 0.15) is 0 Å².